The van der Waals surface area contributed by atoms with Gasteiger partial charge in [-0.1, -0.05) is 30.3 Å². The fourth-order valence-corrected chi connectivity index (χ4v) is 6.91. The van der Waals surface area contributed by atoms with E-state index < -0.39 is 12.0 Å². The highest BCUT2D eigenvalue weighted by Crippen LogP contribution is 2.38. The van der Waals surface area contributed by atoms with Gasteiger partial charge in [-0.25, -0.2) is 15.0 Å². The van der Waals surface area contributed by atoms with Gasteiger partial charge in [0.05, 0.1) is 11.0 Å². The number of ether oxygens (including phenoxy) is 2. The van der Waals surface area contributed by atoms with E-state index in [1.807, 2.05) is 48.5 Å². The number of para-hydroxylation sites is 4. The first-order valence-electron chi connectivity index (χ1n) is 17.1. The van der Waals surface area contributed by atoms with Gasteiger partial charge >= 0.3 is 6.18 Å². The van der Waals surface area contributed by atoms with Gasteiger partial charge in [-0.05, 0) is 98.2 Å². The van der Waals surface area contributed by atoms with Crippen molar-refractivity contribution in [2.45, 2.75) is 44.3 Å². The average molecular weight is 696 g/mol. The summed E-state index contributed by atoms with van der Waals surface area (Å²) >= 11 is 0. The second kappa shape index (κ2) is 13.8. The Bertz CT molecular complexity index is 2230. The monoisotopic (exact) mass is 695 g/mol. The molecular formula is C39H36F3N5O4. The molecule has 2 aliphatic heterocycles. The van der Waals surface area contributed by atoms with Gasteiger partial charge < -0.3 is 28.6 Å². The number of rotatable bonds is 5. The van der Waals surface area contributed by atoms with Crippen LogP contribution in [-0.4, -0.2) is 45.9 Å². The van der Waals surface area contributed by atoms with Gasteiger partial charge in [0.2, 0.25) is 17.6 Å². The molecule has 0 saturated carbocycles. The SMILES string of the molecule is FC(F)(F)c1nc2cc(-c3nc4ccccc4o3)ccc2n1C1CCOCC1.Nc1cc(-c2nc3ccccc3o2)ccc1CC1CCOCC1. The number of aromatic nitrogens is 4. The van der Waals surface area contributed by atoms with Gasteiger partial charge in [-0.15, -0.1) is 0 Å². The van der Waals surface area contributed by atoms with E-state index in [4.69, 9.17) is 24.0 Å². The first-order valence-corrected chi connectivity index (χ1v) is 17.1. The molecule has 2 saturated heterocycles. The van der Waals surface area contributed by atoms with Crippen LogP contribution in [0.4, 0.5) is 18.9 Å². The minimum Gasteiger partial charge on any atom is -0.436 e. The molecule has 2 aliphatic rings. The van der Waals surface area contributed by atoms with Crippen LogP contribution in [0.1, 0.15) is 43.1 Å². The third-order valence-corrected chi connectivity index (χ3v) is 9.58. The van der Waals surface area contributed by atoms with Crippen LogP contribution in [0.2, 0.25) is 0 Å². The summed E-state index contributed by atoms with van der Waals surface area (Å²) < 4.78 is 64.6. The summed E-state index contributed by atoms with van der Waals surface area (Å²) in [4.78, 5) is 12.9. The third kappa shape index (κ3) is 6.93. The maximum Gasteiger partial charge on any atom is 0.449 e. The fraction of sp³-hybridized carbons (Fsp3) is 0.308. The van der Waals surface area contributed by atoms with Crippen LogP contribution in [0.3, 0.4) is 0 Å². The zero-order chi connectivity index (χ0) is 35.0. The van der Waals surface area contributed by atoms with Crippen LogP contribution in [0.15, 0.2) is 93.8 Å². The molecule has 9 rings (SSSR count). The van der Waals surface area contributed by atoms with Crippen LogP contribution in [0, 0.1) is 5.92 Å². The highest BCUT2D eigenvalue weighted by molar-refractivity contribution is 5.83. The number of nitrogens with two attached hydrogens (primary N) is 1. The summed E-state index contributed by atoms with van der Waals surface area (Å²) in [7, 11) is 0. The Balaban J connectivity index is 0.000000150. The normalized spacial score (nSPS) is 16.1. The zero-order valence-corrected chi connectivity index (χ0v) is 27.7. The van der Waals surface area contributed by atoms with Crippen LogP contribution in [0.5, 0.6) is 0 Å². The molecule has 262 valence electrons. The highest BCUT2D eigenvalue weighted by Gasteiger charge is 2.39. The van der Waals surface area contributed by atoms with E-state index in [9.17, 15) is 13.2 Å². The Hall–Kier alpha value is -5.20. The molecular weight excluding hydrogens is 659 g/mol. The quantitative estimate of drug-likeness (QED) is 0.177. The molecule has 0 unspecified atom stereocenters. The number of nitrogens with zero attached hydrogens (tertiary/aromatic N) is 4. The largest absolute Gasteiger partial charge is 0.449 e. The van der Waals surface area contributed by atoms with Gasteiger partial charge in [-0.2, -0.15) is 13.2 Å². The predicted molar refractivity (Wildman–Crippen MR) is 188 cm³/mol. The number of oxazole rings is 2. The van der Waals surface area contributed by atoms with Crippen molar-refractivity contribution in [2.75, 3.05) is 32.2 Å². The van der Waals surface area contributed by atoms with Crippen molar-refractivity contribution in [1.29, 1.82) is 0 Å². The minimum absolute atomic E-state index is 0.276. The minimum atomic E-state index is -4.53. The maximum atomic E-state index is 13.7. The molecule has 12 heteroatoms. The molecule has 2 N–H and O–H groups in total. The van der Waals surface area contributed by atoms with Gasteiger partial charge in [0, 0.05) is 49.3 Å². The summed E-state index contributed by atoms with van der Waals surface area (Å²) in [6.45, 7) is 2.63. The number of hydrogen-bond acceptors (Lipinski definition) is 8. The van der Waals surface area contributed by atoms with Gasteiger partial charge in [0.1, 0.15) is 11.0 Å². The molecule has 0 radical (unpaired) electrons. The van der Waals surface area contributed by atoms with E-state index in [1.165, 1.54) is 10.1 Å². The number of anilines is 1. The van der Waals surface area contributed by atoms with Gasteiger partial charge in [-0.3, -0.25) is 0 Å². The second-order valence-electron chi connectivity index (χ2n) is 13.0. The van der Waals surface area contributed by atoms with Crippen molar-refractivity contribution < 1.29 is 31.5 Å². The molecule has 7 aromatic rings. The fourth-order valence-electron chi connectivity index (χ4n) is 6.91. The molecule has 0 amide bonds. The summed E-state index contributed by atoms with van der Waals surface area (Å²) in [5.41, 5.74) is 13.5. The molecule has 0 aliphatic carbocycles. The topological polar surface area (TPSA) is 114 Å². The average Bonchev–Trinajstić information content (AvgIpc) is 3.89. The van der Waals surface area contributed by atoms with E-state index in [2.05, 4.69) is 27.1 Å². The third-order valence-electron chi connectivity index (χ3n) is 9.58. The number of alkyl halides is 3. The highest BCUT2D eigenvalue weighted by atomic mass is 19.4. The second-order valence-corrected chi connectivity index (χ2v) is 13.0. The van der Waals surface area contributed by atoms with Crippen LogP contribution in [-0.2, 0) is 22.1 Å². The zero-order valence-electron chi connectivity index (χ0n) is 27.7. The summed E-state index contributed by atoms with van der Waals surface area (Å²) in [6, 6.07) is 25.9. The molecule has 9 nitrogen and oxygen atoms in total. The lowest BCUT2D eigenvalue weighted by atomic mass is 9.91. The summed E-state index contributed by atoms with van der Waals surface area (Å²) in [6.07, 6.45) is -0.223. The molecule has 4 aromatic carbocycles. The number of halogens is 3. The van der Waals surface area contributed by atoms with E-state index >= 15 is 0 Å². The Morgan fingerprint density at radius 2 is 1.24 bits per heavy atom. The summed E-state index contributed by atoms with van der Waals surface area (Å²) in [5.74, 6) is 0.776. The van der Waals surface area contributed by atoms with Crippen molar-refractivity contribution in [1.82, 2.24) is 19.5 Å². The predicted octanol–water partition coefficient (Wildman–Crippen LogP) is 9.26. The molecule has 0 atom stereocenters. The summed E-state index contributed by atoms with van der Waals surface area (Å²) in [5, 5.41) is 0. The Kier molecular flexibility index (Phi) is 8.95. The lowest BCUT2D eigenvalue weighted by Crippen LogP contribution is -2.24. The maximum absolute atomic E-state index is 13.7. The smallest absolute Gasteiger partial charge is 0.436 e. The molecule has 3 aromatic heterocycles. The van der Waals surface area contributed by atoms with Gasteiger partial charge in [0.15, 0.2) is 11.2 Å². The van der Waals surface area contributed by atoms with Crippen molar-refractivity contribution in [3.63, 3.8) is 0 Å². The van der Waals surface area contributed by atoms with Crippen molar-refractivity contribution in [2.24, 2.45) is 5.92 Å². The standard InChI is InChI=1S/C20H16F3N3O2.C19H20N2O2/c21-20(22,23)19-25-15-11-12(18-24-14-3-1-2-4-17(14)28-18)5-6-16(15)26(19)13-7-9-27-10-8-13;20-16-12-15(19-21-17-3-1-2-4-18(17)23-19)6-5-14(16)11-13-7-9-22-10-8-13/h1-6,11,13H,7-10H2;1-6,12-13H,7-11,20H2. The van der Waals surface area contributed by atoms with E-state index in [1.54, 1.807) is 24.3 Å². The molecule has 51 heavy (non-hydrogen) atoms. The Morgan fingerprint density at radius 1 is 0.667 bits per heavy atom. The number of nitrogen functional groups attached to an aromatic ring is 1. The van der Waals surface area contributed by atoms with Crippen molar-refractivity contribution in [3.8, 4) is 22.9 Å². The Labute approximate surface area is 291 Å². The van der Waals surface area contributed by atoms with Gasteiger partial charge in [0.25, 0.3) is 0 Å². The van der Waals surface area contributed by atoms with E-state index in [-0.39, 0.29) is 11.6 Å². The lowest BCUT2D eigenvalue weighted by Gasteiger charge is -2.26. The van der Waals surface area contributed by atoms with Crippen molar-refractivity contribution >= 4 is 38.9 Å². The Morgan fingerprint density at radius 3 is 1.82 bits per heavy atom. The van der Waals surface area contributed by atoms with Crippen LogP contribution >= 0.6 is 0 Å². The first kappa shape index (κ1) is 33.0. The molecule has 0 bridgehead atoms. The van der Waals surface area contributed by atoms with Crippen molar-refractivity contribution in [3.05, 3.63) is 96.3 Å². The number of hydrogen-bond donors (Lipinski definition) is 1. The number of imidazole rings is 1. The van der Waals surface area contributed by atoms with Crippen LogP contribution < -0.4 is 5.73 Å². The number of benzene rings is 4. The molecule has 2 fully saturated rings. The molecule has 0 spiro atoms. The first-order chi connectivity index (χ1) is 24.8. The molecule has 5 heterocycles. The van der Waals surface area contributed by atoms with Crippen LogP contribution in [0.25, 0.3) is 56.1 Å². The van der Waals surface area contributed by atoms with E-state index in [0.717, 1.165) is 54.8 Å². The lowest BCUT2D eigenvalue weighted by molar-refractivity contribution is -0.148. The number of fused-ring (bicyclic) bond motifs is 3. The van der Waals surface area contributed by atoms with E-state index in [0.29, 0.717) is 65.9 Å².